The molecule has 8 heteroatoms. The summed E-state index contributed by atoms with van der Waals surface area (Å²) < 4.78 is 5.07. The topological polar surface area (TPSA) is 103 Å². The lowest BCUT2D eigenvalue weighted by Gasteiger charge is -2.28. The first kappa shape index (κ1) is 14.1. The third-order valence-electron chi connectivity index (χ3n) is 2.45. The van der Waals surface area contributed by atoms with E-state index in [1.54, 1.807) is 33.0 Å². The van der Waals surface area contributed by atoms with Gasteiger partial charge in [-0.2, -0.15) is 5.43 Å². The van der Waals surface area contributed by atoms with E-state index in [1.807, 2.05) is 0 Å². The molecular formula is C12H16N4O4. The number of hydrogen-bond acceptors (Lipinski definition) is 6. The Hall–Kier alpha value is -2.35. The number of carboxylic acids is 1. The van der Waals surface area contributed by atoms with E-state index in [-0.39, 0.29) is 0 Å². The summed E-state index contributed by atoms with van der Waals surface area (Å²) in [5.74, 6) is -0.889. The van der Waals surface area contributed by atoms with E-state index in [2.05, 4.69) is 15.7 Å². The average Bonchev–Trinajstić information content (AvgIpc) is 2.65. The molecule has 0 aromatic rings. The Kier molecular flexibility index (Phi) is 3.26. The van der Waals surface area contributed by atoms with Crippen molar-refractivity contribution in [1.29, 1.82) is 0 Å². The number of allylic oxidation sites excluding steroid dienone is 1. The maximum Gasteiger partial charge on any atom is 0.409 e. The number of fused-ring (bicyclic) bond motifs is 1. The first-order valence-corrected chi connectivity index (χ1v) is 5.97. The predicted octanol–water partition coefficient (Wildman–Crippen LogP) is 0.552. The molecule has 1 amide bonds. The first-order valence-electron chi connectivity index (χ1n) is 5.97. The average molecular weight is 280 g/mol. The number of carbonyl (C=O) groups is 2. The van der Waals surface area contributed by atoms with Crippen LogP contribution in [-0.2, 0) is 9.53 Å². The Labute approximate surface area is 115 Å². The van der Waals surface area contributed by atoms with Gasteiger partial charge in [0.1, 0.15) is 11.4 Å². The summed E-state index contributed by atoms with van der Waals surface area (Å²) in [6.07, 6.45) is 5.22. The zero-order valence-electron chi connectivity index (χ0n) is 11.4. The zero-order chi connectivity index (χ0) is 15.0. The van der Waals surface area contributed by atoms with Crippen molar-refractivity contribution in [3.8, 4) is 0 Å². The molecule has 0 saturated carbocycles. The molecule has 0 bridgehead atoms. The van der Waals surface area contributed by atoms with E-state index in [0.29, 0.717) is 5.82 Å². The number of ether oxygens (including phenoxy) is 1. The Morgan fingerprint density at radius 2 is 2.20 bits per heavy atom. The predicted molar refractivity (Wildman–Crippen MR) is 70.4 cm³/mol. The molecule has 0 aromatic heterocycles. The fraction of sp³-hybridized carbons (Fsp3) is 0.417. The van der Waals surface area contributed by atoms with E-state index in [4.69, 9.17) is 4.74 Å². The molecule has 0 aromatic carbocycles. The van der Waals surface area contributed by atoms with Crippen LogP contribution in [0.4, 0.5) is 4.79 Å². The summed E-state index contributed by atoms with van der Waals surface area (Å²) in [5, 5.41) is 13.1. The number of amides is 1. The maximum absolute atomic E-state index is 11.8. The zero-order valence-corrected chi connectivity index (χ0v) is 11.4. The van der Waals surface area contributed by atoms with Crippen molar-refractivity contribution in [2.45, 2.75) is 32.0 Å². The van der Waals surface area contributed by atoms with Crippen LogP contribution in [0.5, 0.6) is 0 Å². The molecule has 1 atom stereocenters. The molecule has 0 fully saturated rings. The second kappa shape index (κ2) is 4.64. The SMILES string of the molecule is CC(C)(C)OC(=O)NC1(C(=O)O)C=C2N=CC=CN2N1. The van der Waals surface area contributed by atoms with Gasteiger partial charge in [-0.1, -0.05) is 0 Å². The second-order valence-corrected chi connectivity index (χ2v) is 5.34. The van der Waals surface area contributed by atoms with Crippen LogP contribution in [0.2, 0.25) is 0 Å². The molecule has 2 aliphatic rings. The number of rotatable bonds is 2. The minimum Gasteiger partial charge on any atom is -0.478 e. The highest BCUT2D eigenvalue weighted by molar-refractivity contribution is 5.87. The van der Waals surface area contributed by atoms with Crippen LogP contribution in [0.1, 0.15) is 20.8 Å². The lowest BCUT2D eigenvalue weighted by atomic mass is 10.2. The van der Waals surface area contributed by atoms with Crippen LogP contribution < -0.4 is 10.7 Å². The first-order chi connectivity index (χ1) is 9.22. The van der Waals surface area contributed by atoms with Crippen LogP contribution in [0.3, 0.4) is 0 Å². The minimum atomic E-state index is -1.79. The third kappa shape index (κ3) is 2.80. The number of hydrogen-bond donors (Lipinski definition) is 3. The van der Waals surface area contributed by atoms with E-state index >= 15 is 0 Å². The van der Waals surface area contributed by atoms with Gasteiger partial charge in [0.15, 0.2) is 0 Å². The molecule has 8 nitrogen and oxygen atoms in total. The van der Waals surface area contributed by atoms with Gasteiger partial charge in [-0.05, 0) is 26.8 Å². The molecule has 0 saturated heterocycles. The standard InChI is InChI=1S/C12H16N4O4/c1-11(2,3)20-10(19)14-12(9(17)18)7-8-13-5-4-6-16(8)15-12/h4-7,15H,1-3H3,(H,14,19)(H,17,18). The van der Waals surface area contributed by atoms with Gasteiger partial charge in [0.2, 0.25) is 5.66 Å². The monoisotopic (exact) mass is 280 g/mol. The van der Waals surface area contributed by atoms with Crippen molar-refractivity contribution >= 4 is 18.3 Å². The molecule has 2 aliphatic heterocycles. The van der Waals surface area contributed by atoms with Gasteiger partial charge < -0.3 is 9.84 Å². The van der Waals surface area contributed by atoms with E-state index in [1.165, 1.54) is 17.3 Å². The number of carbonyl (C=O) groups excluding carboxylic acids is 1. The summed E-state index contributed by atoms with van der Waals surface area (Å²) in [6.45, 7) is 5.07. The van der Waals surface area contributed by atoms with Gasteiger partial charge in [-0.25, -0.2) is 14.6 Å². The number of nitrogens with zero attached hydrogens (tertiary/aromatic N) is 2. The highest BCUT2D eigenvalue weighted by Gasteiger charge is 2.46. The van der Waals surface area contributed by atoms with Gasteiger partial charge in [0.25, 0.3) is 0 Å². The van der Waals surface area contributed by atoms with Gasteiger partial charge in [-0.3, -0.25) is 10.3 Å². The number of hydrazine groups is 1. The van der Waals surface area contributed by atoms with Gasteiger partial charge in [-0.15, -0.1) is 0 Å². The minimum absolute atomic E-state index is 0.381. The molecular weight excluding hydrogens is 264 g/mol. The number of nitrogens with one attached hydrogen (secondary N) is 2. The molecule has 2 rings (SSSR count). The lowest BCUT2D eigenvalue weighted by Crippen LogP contribution is -2.63. The van der Waals surface area contributed by atoms with Crippen molar-refractivity contribution in [3.05, 3.63) is 24.2 Å². The van der Waals surface area contributed by atoms with Crippen LogP contribution in [0.15, 0.2) is 29.2 Å². The van der Waals surface area contributed by atoms with Crippen molar-refractivity contribution in [1.82, 2.24) is 15.8 Å². The molecule has 0 radical (unpaired) electrons. The summed E-state index contributed by atoms with van der Waals surface area (Å²) in [6, 6.07) is 0. The fourth-order valence-corrected chi connectivity index (χ4v) is 1.69. The van der Waals surface area contributed by atoms with Crippen molar-refractivity contribution in [2.24, 2.45) is 4.99 Å². The third-order valence-corrected chi connectivity index (χ3v) is 2.45. The van der Waals surface area contributed by atoms with Crippen LogP contribution in [0.25, 0.3) is 0 Å². The van der Waals surface area contributed by atoms with Gasteiger partial charge in [0.05, 0.1) is 0 Å². The largest absolute Gasteiger partial charge is 0.478 e. The Bertz CT molecular complexity index is 532. The Morgan fingerprint density at radius 1 is 1.50 bits per heavy atom. The van der Waals surface area contributed by atoms with Crippen molar-refractivity contribution in [3.63, 3.8) is 0 Å². The second-order valence-electron chi connectivity index (χ2n) is 5.34. The van der Waals surface area contributed by atoms with Crippen LogP contribution in [-0.4, -0.2) is 39.7 Å². The Balaban J connectivity index is 2.19. The smallest absolute Gasteiger partial charge is 0.409 e. The summed E-state index contributed by atoms with van der Waals surface area (Å²) in [7, 11) is 0. The summed E-state index contributed by atoms with van der Waals surface area (Å²) in [5.41, 5.74) is 0.142. The number of alkyl carbamates (subject to hydrolysis) is 1. The molecule has 108 valence electrons. The molecule has 1 unspecified atom stereocenters. The van der Waals surface area contributed by atoms with Crippen molar-refractivity contribution in [2.75, 3.05) is 0 Å². The molecule has 0 aliphatic carbocycles. The highest BCUT2D eigenvalue weighted by atomic mass is 16.6. The van der Waals surface area contributed by atoms with Crippen molar-refractivity contribution < 1.29 is 19.4 Å². The summed E-state index contributed by atoms with van der Waals surface area (Å²) >= 11 is 0. The number of aliphatic carboxylic acids is 1. The maximum atomic E-state index is 11.8. The highest BCUT2D eigenvalue weighted by Crippen LogP contribution is 2.23. The molecule has 0 spiro atoms. The van der Waals surface area contributed by atoms with Gasteiger partial charge in [0, 0.05) is 18.5 Å². The van der Waals surface area contributed by atoms with Crippen LogP contribution in [0, 0.1) is 0 Å². The number of carboxylic acid groups (broad SMARTS) is 1. The lowest BCUT2D eigenvalue weighted by molar-refractivity contribution is -0.144. The molecule has 20 heavy (non-hydrogen) atoms. The van der Waals surface area contributed by atoms with E-state index in [9.17, 15) is 14.7 Å². The molecule has 3 N–H and O–H groups in total. The van der Waals surface area contributed by atoms with E-state index < -0.39 is 23.3 Å². The van der Waals surface area contributed by atoms with Crippen LogP contribution >= 0.6 is 0 Å². The molecule has 2 heterocycles. The van der Waals surface area contributed by atoms with E-state index in [0.717, 1.165) is 0 Å². The summed E-state index contributed by atoms with van der Waals surface area (Å²) in [4.78, 5) is 27.3. The normalized spacial score (nSPS) is 24.1. The fourth-order valence-electron chi connectivity index (χ4n) is 1.69. The van der Waals surface area contributed by atoms with Gasteiger partial charge >= 0.3 is 12.1 Å². The quantitative estimate of drug-likeness (QED) is 0.682. The Morgan fingerprint density at radius 3 is 2.75 bits per heavy atom. The number of aliphatic imine (C=N–C) groups is 1.